The Morgan fingerprint density at radius 1 is 1.28 bits per heavy atom. The first-order valence-corrected chi connectivity index (χ1v) is 6.93. The lowest BCUT2D eigenvalue weighted by molar-refractivity contribution is 0.696. The van der Waals surface area contributed by atoms with Gasteiger partial charge < -0.3 is 5.32 Å². The first kappa shape index (κ1) is 13.3. The molecule has 96 valence electrons. The first-order valence-electron chi connectivity index (χ1n) is 6.14. The van der Waals surface area contributed by atoms with Gasteiger partial charge in [-0.05, 0) is 49.7 Å². The molecule has 0 aliphatic rings. The van der Waals surface area contributed by atoms with Crippen molar-refractivity contribution in [2.24, 2.45) is 0 Å². The minimum Gasteiger partial charge on any atom is -0.311 e. The number of aryl methyl sites for hydroxylation is 2. The zero-order valence-electron chi connectivity index (χ0n) is 11.0. The van der Waals surface area contributed by atoms with Crippen LogP contribution in [0, 0.1) is 13.8 Å². The third-order valence-electron chi connectivity index (χ3n) is 2.89. The zero-order valence-corrected chi connectivity index (χ0v) is 12.6. The Kier molecular flexibility index (Phi) is 4.19. The summed E-state index contributed by atoms with van der Waals surface area (Å²) in [6.45, 7) is 8.08. The quantitative estimate of drug-likeness (QED) is 0.938. The lowest BCUT2D eigenvalue weighted by Gasteiger charge is -2.08. The summed E-state index contributed by atoms with van der Waals surface area (Å²) in [6, 6.07) is 6.33. The van der Waals surface area contributed by atoms with Crippen molar-refractivity contribution >= 4 is 15.9 Å². The second-order valence-corrected chi connectivity index (χ2v) is 5.22. The third-order valence-corrected chi connectivity index (χ3v) is 4.14. The van der Waals surface area contributed by atoms with Gasteiger partial charge in [-0.25, -0.2) is 4.68 Å². The average Bonchev–Trinajstić information content (AvgIpc) is 2.81. The number of benzene rings is 1. The van der Waals surface area contributed by atoms with E-state index in [-0.39, 0.29) is 0 Å². The number of nitrogens with zero attached hydrogens (tertiary/aromatic N) is 2. The molecule has 0 aliphatic heterocycles. The van der Waals surface area contributed by atoms with Crippen molar-refractivity contribution in [3.05, 3.63) is 45.7 Å². The molecule has 0 saturated carbocycles. The molecule has 2 rings (SSSR count). The van der Waals surface area contributed by atoms with Crippen LogP contribution in [-0.2, 0) is 6.54 Å². The zero-order chi connectivity index (χ0) is 13.1. The maximum Gasteiger partial charge on any atom is 0.0766 e. The summed E-state index contributed by atoms with van der Waals surface area (Å²) in [4.78, 5) is 0. The molecule has 1 heterocycles. The van der Waals surface area contributed by atoms with Crippen molar-refractivity contribution in [1.29, 1.82) is 0 Å². The molecule has 0 radical (unpaired) electrons. The van der Waals surface area contributed by atoms with Crippen LogP contribution in [0.2, 0.25) is 0 Å². The highest BCUT2D eigenvalue weighted by Crippen LogP contribution is 2.24. The van der Waals surface area contributed by atoms with Crippen LogP contribution < -0.4 is 5.32 Å². The molecular formula is C14H18BrN3. The van der Waals surface area contributed by atoms with E-state index in [1.165, 1.54) is 15.6 Å². The molecule has 0 atom stereocenters. The van der Waals surface area contributed by atoms with Crippen LogP contribution >= 0.6 is 15.9 Å². The van der Waals surface area contributed by atoms with Crippen molar-refractivity contribution in [2.45, 2.75) is 27.3 Å². The molecule has 18 heavy (non-hydrogen) atoms. The van der Waals surface area contributed by atoms with E-state index in [1.54, 1.807) is 0 Å². The number of hydrogen-bond donors (Lipinski definition) is 1. The van der Waals surface area contributed by atoms with Gasteiger partial charge in [-0.3, -0.25) is 0 Å². The SMILES string of the molecule is CCNCc1ccn(-c2cc(C)c(Br)c(C)c2)n1. The number of hydrogen-bond acceptors (Lipinski definition) is 2. The Balaban J connectivity index is 2.28. The lowest BCUT2D eigenvalue weighted by atomic mass is 10.1. The van der Waals surface area contributed by atoms with Crippen LogP contribution in [0.1, 0.15) is 23.7 Å². The molecule has 1 aromatic carbocycles. The Hall–Kier alpha value is -1.13. The monoisotopic (exact) mass is 307 g/mol. The van der Waals surface area contributed by atoms with E-state index < -0.39 is 0 Å². The molecule has 1 N–H and O–H groups in total. The fourth-order valence-corrected chi connectivity index (χ4v) is 2.14. The smallest absolute Gasteiger partial charge is 0.0766 e. The Bertz CT molecular complexity index is 523. The predicted octanol–water partition coefficient (Wildman–Crippen LogP) is 3.36. The van der Waals surface area contributed by atoms with Crippen LogP contribution in [0.5, 0.6) is 0 Å². The predicted molar refractivity (Wildman–Crippen MR) is 78.1 cm³/mol. The van der Waals surface area contributed by atoms with Crippen LogP contribution in [-0.4, -0.2) is 16.3 Å². The van der Waals surface area contributed by atoms with E-state index in [4.69, 9.17) is 0 Å². The second-order valence-electron chi connectivity index (χ2n) is 4.43. The number of rotatable bonds is 4. The highest BCUT2D eigenvalue weighted by atomic mass is 79.9. The summed E-state index contributed by atoms with van der Waals surface area (Å²) in [5, 5.41) is 7.85. The van der Waals surface area contributed by atoms with Gasteiger partial charge in [-0.2, -0.15) is 5.10 Å². The number of nitrogens with one attached hydrogen (secondary N) is 1. The van der Waals surface area contributed by atoms with E-state index in [9.17, 15) is 0 Å². The van der Waals surface area contributed by atoms with Gasteiger partial charge >= 0.3 is 0 Å². The Labute approximate surface area is 116 Å². The van der Waals surface area contributed by atoms with Gasteiger partial charge in [0.05, 0.1) is 11.4 Å². The van der Waals surface area contributed by atoms with Crippen molar-refractivity contribution in [3.63, 3.8) is 0 Å². The summed E-state index contributed by atoms with van der Waals surface area (Å²) in [5.41, 5.74) is 4.63. The van der Waals surface area contributed by atoms with Gasteiger partial charge in [-0.1, -0.05) is 22.9 Å². The van der Waals surface area contributed by atoms with Crippen molar-refractivity contribution in [1.82, 2.24) is 15.1 Å². The van der Waals surface area contributed by atoms with Gasteiger partial charge in [-0.15, -0.1) is 0 Å². The molecule has 0 bridgehead atoms. The normalized spacial score (nSPS) is 10.9. The standard InChI is InChI=1S/C14H18BrN3/c1-4-16-9-12-5-6-18(17-12)13-7-10(2)14(15)11(3)8-13/h5-8,16H,4,9H2,1-3H3. The van der Waals surface area contributed by atoms with Gasteiger partial charge in [0.25, 0.3) is 0 Å². The van der Waals surface area contributed by atoms with Crippen LogP contribution in [0.15, 0.2) is 28.9 Å². The minimum atomic E-state index is 0.817. The largest absolute Gasteiger partial charge is 0.311 e. The van der Waals surface area contributed by atoms with Crippen LogP contribution in [0.3, 0.4) is 0 Å². The lowest BCUT2D eigenvalue weighted by Crippen LogP contribution is -2.12. The van der Waals surface area contributed by atoms with Gasteiger partial charge in [0, 0.05) is 17.2 Å². The topological polar surface area (TPSA) is 29.9 Å². The summed E-state index contributed by atoms with van der Waals surface area (Å²) >= 11 is 3.59. The fraction of sp³-hybridized carbons (Fsp3) is 0.357. The van der Waals surface area contributed by atoms with Crippen LogP contribution in [0.4, 0.5) is 0 Å². The van der Waals surface area contributed by atoms with E-state index in [1.807, 2.05) is 10.9 Å². The van der Waals surface area contributed by atoms with Gasteiger partial charge in [0.1, 0.15) is 0 Å². The van der Waals surface area contributed by atoms with Crippen molar-refractivity contribution in [2.75, 3.05) is 6.54 Å². The molecule has 0 amide bonds. The molecule has 4 heteroatoms. The number of halogens is 1. The van der Waals surface area contributed by atoms with E-state index in [0.717, 1.165) is 24.5 Å². The van der Waals surface area contributed by atoms with Crippen molar-refractivity contribution < 1.29 is 0 Å². The fourth-order valence-electron chi connectivity index (χ4n) is 1.91. The summed E-state index contributed by atoms with van der Waals surface area (Å²) < 4.78 is 3.10. The molecular weight excluding hydrogens is 290 g/mol. The average molecular weight is 308 g/mol. The maximum absolute atomic E-state index is 4.57. The molecule has 0 aliphatic carbocycles. The molecule has 2 aromatic rings. The second kappa shape index (κ2) is 5.67. The van der Waals surface area contributed by atoms with Crippen molar-refractivity contribution in [3.8, 4) is 5.69 Å². The van der Waals surface area contributed by atoms with Gasteiger partial charge in [0.2, 0.25) is 0 Å². The third kappa shape index (κ3) is 2.82. The van der Waals surface area contributed by atoms with E-state index in [2.05, 4.69) is 65.3 Å². The van der Waals surface area contributed by atoms with Gasteiger partial charge in [0.15, 0.2) is 0 Å². The highest BCUT2D eigenvalue weighted by Gasteiger charge is 2.05. The minimum absolute atomic E-state index is 0.817. The van der Waals surface area contributed by atoms with Crippen LogP contribution in [0.25, 0.3) is 5.69 Å². The molecule has 0 saturated heterocycles. The molecule has 0 unspecified atom stereocenters. The highest BCUT2D eigenvalue weighted by molar-refractivity contribution is 9.10. The summed E-state index contributed by atoms with van der Waals surface area (Å²) in [7, 11) is 0. The Morgan fingerprint density at radius 3 is 2.56 bits per heavy atom. The maximum atomic E-state index is 4.57. The molecule has 0 fully saturated rings. The Morgan fingerprint density at radius 2 is 1.94 bits per heavy atom. The summed E-state index contributed by atoms with van der Waals surface area (Å²) in [5.74, 6) is 0. The first-order chi connectivity index (χ1) is 8.61. The van der Waals surface area contributed by atoms with E-state index >= 15 is 0 Å². The number of aromatic nitrogens is 2. The summed E-state index contributed by atoms with van der Waals surface area (Å²) in [6.07, 6.45) is 2.01. The molecule has 1 aromatic heterocycles. The van der Waals surface area contributed by atoms with E-state index in [0.29, 0.717) is 0 Å². The molecule has 0 spiro atoms. The molecule has 3 nitrogen and oxygen atoms in total.